The van der Waals surface area contributed by atoms with Crippen LogP contribution in [0.5, 0.6) is 0 Å². The van der Waals surface area contributed by atoms with E-state index < -0.39 is 0 Å². The topological polar surface area (TPSA) is 24.5 Å². The quantitative estimate of drug-likeness (QED) is 0.775. The van der Waals surface area contributed by atoms with Gasteiger partial charge in [-0.15, -0.1) is 0 Å². The third-order valence-electron chi connectivity index (χ3n) is 3.69. The first-order valence-electron chi connectivity index (χ1n) is 6.68. The molecule has 0 aliphatic carbocycles. The summed E-state index contributed by atoms with van der Waals surface area (Å²) in [4.78, 5) is 2.55. The SMILES string of the molecule is CCC(C)C(CN1CCCOC(C)C1)NC. The van der Waals surface area contributed by atoms with E-state index in [1.54, 1.807) is 0 Å². The molecule has 3 unspecified atom stereocenters. The van der Waals surface area contributed by atoms with Crippen molar-refractivity contribution >= 4 is 0 Å². The fourth-order valence-corrected chi connectivity index (χ4v) is 2.36. The summed E-state index contributed by atoms with van der Waals surface area (Å²) in [5.41, 5.74) is 0. The molecule has 3 atom stereocenters. The lowest BCUT2D eigenvalue weighted by Crippen LogP contribution is -2.45. The normalized spacial score (nSPS) is 27.4. The molecule has 0 spiro atoms. The molecule has 3 heteroatoms. The van der Waals surface area contributed by atoms with E-state index in [1.165, 1.54) is 19.4 Å². The average Bonchev–Trinajstić information content (AvgIpc) is 2.49. The van der Waals surface area contributed by atoms with Crippen LogP contribution in [0, 0.1) is 5.92 Å². The van der Waals surface area contributed by atoms with Gasteiger partial charge in [0.05, 0.1) is 6.10 Å². The van der Waals surface area contributed by atoms with Crippen molar-refractivity contribution in [2.24, 2.45) is 5.92 Å². The van der Waals surface area contributed by atoms with E-state index in [2.05, 4.69) is 38.0 Å². The van der Waals surface area contributed by atoms with Gasteiger partial charge in [0.2, 0.25) is 0 Å². The van der Waals surface area contributed by atoms with Crippen LogP contribution in [0.25, 0.3) is 0 Å². The summed E-state index contributed by atoms with van der Waals surface area (Å²) in [5, 5.41) is 3.45. The van der Waals surface area contributed by atoms with E-state index in [-0.39, 0.29) is 0 Å². The van der Waals surface area contributed by atoms with Crippen molar-refractivity contribution in [2.75, 3.05) is 33.3 Å². The van der Waals surface area contributed by atoms with Crippen LogP contribution in [-0.4, -0.2) is 50.3 Å². The Labute approximate surface area is 101 Å². The Hall–Kier alpha value is -0.120. The van der Waals surface area contributed by atoms with Gasteiger partial charge in [-0.1, -0.05) is 20.3 Å². The second-order valence-corrected chi connectivity index (χ2v) is 5.08. The van der Waals surface area contributed by atoms with E-state index in [9.17, 15) is 0 Å². The summed E-state index contributed by atoms with van der Waals surface area (Å²) in [7, 11) is 2.08. The van der Waals surface area contributed by atoms with Crippen molar-refractivity contribution in [3.05, 3.63) is 0 Å². The maximum absolute atomic E-state index is 5.67. The number of hydrogen-bond acceptors (Lipinski definition) is 3. The van der Waals surface area contributed by atoms with E-state index in [4.69, 9.17) is 4.74 Å². The number of likely N-dealkylation sites (N-methyl/N-ethyl adjacent to an activating group) is 1. The van der Waals surface area contributed by atoms with Crippen molar-refractivity contribution in [2.45, 2.75) is 45.8 Å². The summed E-state index contributed by atoms with van der Waals surface area (Å²) in [6, 6.07) is 0.607. The average molecular weight is 228 g/mol. The van der Waals surface area contributed by atoms with Gasteiger partial charge >= 0.3 is 0 Å². The number of nitrogens with one attached hydrogen (secondary N) is 1. The van der Waals surface area contributed by atoms with Crippen molar-refractivity contribution in [3.8, 4) is 0 Å². The zero-order chi connectivity index (χ0) is 12.0. The summed E-state index contributed by atoms with van der Waals surface area (Å²) < 4.78 is 5.67. The van der Waals surface area contributed by atoms with E-state index in [1.807, 2.05) is 0 Å². The largest absolute Gasteiger partial charge is 0.377 e. The number of hydrogen-bond donors (Lipinski definition) is 1. The number of rotatable bonds is 5. The lowest BCUT2D eigenvalue weighted by molar-refractivity contribution is 0.0654. The molecule has 1 saturated heterocycles. The molecule has 0 radical (unpaired) electrons. The third kappa shape index (κ3) is 4.40. The van der Waals surface area contributed by atoms with Gasteiger partial charge in [0, 0.05) is 32.3 Å². The molecule has 1 heterocycles. The molecule has 1 fully saturated rings. The molecule has 0 aromatic rings. The van der Waals surface area contributed by atoms with Crippen LogP contribution in [-0.2, 0) is 4.74 Å². The molecule has 0 saturated carbocycles. The molecular weight excluding hydrogens is 200 g/mol. The molecule has 1 N–H and O–H groups in total. The minimum atomic E-state index is 0.386. The van der Waals surface area contributed by atoms with Crippen molar-refractivity contribution in [1.29, 1.82) is 0 Å². The summed E-state index contributed by atoms with van der Waals surface area (Å²) in [6.07, 6.45) is 2.80. The van der Waals surface area contributed by atoms with Crippen LogP contribution in [0.1, 0.15) is 33.6 Å². The second-order valence-electron chi connectivity index (χ2n) is 5.08. The Morgan fingerprint density at radius 3 is 2.88 bits per heavy atom. The van der Waals surface area contributed by atoms with Gasteiger partial charge in [-0.2, -0.15) is 0 Å². The lowest BCUT2D eigenvalue weighted by Gasteiger charge is -2.30. The van der Waals surface area contributed by atoms with Gasteiger partial charge in [0.25, 0.3) is 0 Å². The molecule has 1 rings (SSSR count). The van der Waals surface area contributed by atoms with Crippen LogP contribution < -0.4 is 5.32 Å². The number of nitrogens with zero attached hydrogens (tertiary/aromatic N) is 1. The molecule has 0 aromatic heterocycles. The Morgan fingerprint density at radius 2 is 2.25 bits per heavy atom. The Bertz CT molecular complexity index is 187. The fourth-order valence-electron chi connectivity index (χ4n) is 2.36. The van der Waals surface area contributed by atoms with E-state index >= 15 is 0 Å². The lowest BCUT2D eigenvalue weighted by atomic mass is 9.98. The Morgan fingerprint density at radius 1 is 1.50 bits per heavy atom. The molecule has 96 valence electrons. The Balaban J connectivity index is 2.43. The van der Waals surface area contributed by atoms with Gasteiger partial charge in [0.15, 0.2) is 0 Å². The molecule has 1 aliphatic rings. The van der Waals surface area contributed by atoms with Gasteiger partial charge in [-0.3, -0.25) is 4.90 Å². The van der Waals surface area contributed by atoms with Crippen LogP contribution in [0.2, 0.25) is 0 Å². The van der Waals surface area contributed by atoms with Gasteiger partial charge in [-0.25, -0.2) is 0 Å². The van der Waals surface area contributed by atoms with Crippen molar-refractivity contribution in [1.82, 2.24) is 10.2 Å². The van der Waals surface area contributed by atoms with E-state index in [0.717, 1.165) is 25.6 Å². The second kappa shape index (κ2) is 7.25. The standard InChI is InChI=1S/C13H28N2O/c1-5-11(2)13(14-4)10-15-7-6-8-16-12(3)9-15/h11-14H,5-10H2,1-4H3. The smallest absolute Gasteiger partial charge is 0.0673 e. The van der Waals surface area contributed by atoms with Crippen LogP contribution in [0.15, 0.2) is 0 Å². The molecule has 0 bridgehead atoms. The maximum Gasteiger partial charge on any atom is 0.0673 e. The Kier molecular flexibility index (Phi) is 6.32. The van der Waals surface area contributed by atoms with Crippen LogP contribution >= 0.6 is 0 Å². The first kappa shape index (κ1) is 13.9. The first-order chi connectivity index (χ1) is 7.67. The predicted molar refractivity (Wildman–Crippen MR) is 68.8 cm³/mol. The molecule has 0 amide bonds. The highest BCUT2D eigenvalue weighted by atomic mass is 16.5. The molecule has 16 heavy (non-hydrogen) atoms. The highest BCUT2D eigenvalue weighted by Gasteiger charge is 2.20. The van der Waals surface area contributed by atoms with Gasteiger partial charge in [-0.05, 0) is 26.3 Å². The fraction of sp³-hybridized carbons (Fsp3) is 1.00. The third-order valence-corrected chi connectivity index (χ3v) is 3.69. The minimum absolute atomic E-state index is 0.386. The van der Waals surface area contributed by atoms with Gasteiger partial charge in [0.1, 0.15) is 0 Å². The van der Waals surface area contributed by atoms with Crippen molar-refractivity contribution in [3.63, 3.8) is 0 Å². The molecule has 3 nitrogen and oxygen atoms in total. The van der Waals surface area contributed by atoms with Crippen LogP contribution in [0.3, 0.4) is 0 Å². The highest BCUT2D eigenvalue weighted by Crippen LogP contribution is 2.12. The zero-order valence-electron chi connectivity index (χ0n) is 11.3. The molecular formula is C13H28N2O. The monoisotopic (exact) mass is 228 g/mol. The predicted octanol–water partition coefficient (Wildman–Crippen LogP) is 1.73. The maximum atomic E-state index is 5.67. The van der Waals surface area contributed by atoms with Crippen LogP contribution in [0.4, 0.5) is 0 Å². The molecule has 0 aromatic carbocycles. The summed E-state index contributed by atoms with van der Waals surface area (Å²) in [6.45, 7) is 11.1. The summed E-state index contributed by atoms with van der Waals surface area (Å²) in [5.74, 6) is 0.740. The molecule has 1 aliphatic heterocycles. The van der Waals surface area contributed by atoms with E-state index in [0.29, 0.717) is 12.1 Å². The number of ether oxygens (including phenoxy) is 1. The highest BCUT2D eigenvalue weighted by molar-refractivity contribution is 4.77. The van der Waals surface area contributed by atoms with Crippen molar-refractivity contribution < 1.29 is 4.74 Å². The summed E-state index contributed by atoms with van der Waals surface area (Å²) >= 11 is 0. The first-order valence-corrected chi connectivity index (χ1v) is 6.68. The van der Waals surface area contributed by atoms with Gasteiger partial charge < -0.3 is 10.1 Å². The zero-order valence-corrected chi connectivity index (χ0v) is 11.3. The minimum Gasteiger partial charge on any atom is -0.377 e.